The molecule has 2 aromatic carbocycles. The van der Waals surface area contributed by atoms with Crippen LogP contribution in [0.3, 0.4) is 0 Å². The molecule has 0 saturated heterocycles. The second-order valence-corrected chi connectivity index (χ2v) is 5.67. The summed E-state index contributed by atoms with van der Waals surface area (Å²) in [6, 6.07) is 11.6. The van der Waals surface area contributed by atoms with Crippen LogP contribution in [0.25, 0.3) is 0 Å². The zero-order valence-electron chi connectivity index (χ0n) is 10.9. The molecule has 0 amide bonds. The molecule has 0 fully saturated rings. The Labute approximate surface area is 122 Å². The Morgan fingerprint density at radius 2 is 2.05 bits per heavy atom. The average Bonchev–Trinajstić information content (AvgIpc) is 2.40. The van der Waals surface area contributed by atoms with Crippen LogP contribution in [0, 0.1) is 6.92 Å². The van der Waals surface area contributed by atoms with Gasteiger partial charge in [-0.3, -0.25) is 0 Å². The van der Waals surface area contributed by atoms with E-state index in [0.717, 1.165) is 33.3 Å². The Morgan fingerprint density at radius 1 is 1.26 bits per heavy atom. The molecule has 19 heavy (non-hydrogen) atoms. The second-order valence-electron chi connectivity index (χ2n) is 4.22. The summed E-state index contributed by atoms with van der Waals surface area (Å²) in [5.74, 6) is 1.66. The number of methoxy groups -OCH3 is 1. The summed E-state index contributed by atoms with van der Waals surface area (Å²) in [7, 11) is 1.67. The molecule has 0 aliphatic carbocycles. The van der Waals surface area contributed by atoms with Gasteiger partial charge in [-0.2, -0.15) is 0 Å². The van der Waals surface area contributed by atoms with Crippen molar-refractivity contribution >= 4 is 29.1 Å². The van der Waals surface area contributed by atoms with Crippen molar-refractivity contribution in [2.75, 3.05) is 12.8 Å². The SMILES string of the molecule is COc1ccc(Cl)cc1CSc1cccc(N)c1C. The van der Waals surface area contributed by atoms with Gasteiger partial charge in [-0.25, -0.2) is 0 Å². The third-order valence-electron chi connectivity index (χ3n) is 2.95. The van der Waals surface area contributed by atoms with E-state index in [9.17, 15) is 0 Å². The van der Waals surface area contributed by atoms with Crippen LogP contribution < -0.4 is 10.5 Å². The number of halogens is 1. The summed E-state index contributed by atoms with van der Waals surface area (Å²) < 4.78 is 5.35. The van der Waals surface area contributed by atoms with E-state index in [0.29, 0.717) is 0 Å². The summed E-state index contributed by atoms with van der Waals surface area (Å²) in [6.45, 7) is 2.03. The van der Waals surface area contributed by atoms with E-state index in [1.165, 1.54) is 4.90 Å². The van der Waals surface area contributed by atoms with Crippen molar-refractivity contribution in [3.05, 3.63) is 52.5 Å². The fourth-order valence-electron chi connectivity index (χ4n) is 1.80. The molecule has 100 valence electrons. The lowest BCUT2D eigenvalue weighted by Gasteiger charge is -2.11. The molecule has 0 atom stereocenters. The maximum Gasteiger partial charge on any atom is 0.123 e. The quantitative estimate of drug-likeness (QED) is 0.664. The molecule has 0 aromatic heterocycles. The largest absolute Gasteiger partial charge is 0.496 e. The average molecular weight is 294 g/mol. The van der Waals surface area contributed by atoms with Crippen LogP contribution in [-0.4, -0.2) is 7.11 Å². The Kier molecular flexibility index (Phi) is 4.61. The van der Waals surface area contributed by atoms with Gasteiger partial charge in [-0.05, 0) is 42.8 Å². The number of anilines is 1. The number of nitrogen functional groups attached to an aromatic ring is 1. The number of ether oxygens (including phenoxy) is 1. The molecule has 2 N–H and O–H groups in total. The Bertz CT molecular complexity index is 586. The van der Waals surface area contributed by atoms with Crippen LogP contribution in [0.4, 0.5) is 5.69 Å². The van der Waals surface area contributed by atoms with E-state index in [4.69, 9.17) is 22.1 Å². The number of thioether (sulfide) groups is 1. The maximum absolute atomic E-state index is 6.03. The first-order chi connectivity index (χ1) is 9.11. The van der Waals surface area contributed by atoms with Crippen LogP contribution >= 0.6 is 23.4 Å². The van der Waals surface area contributed by atoms with E-state index in [1.54, 1.807) is 18.9 Å². The molecule has 0 heterocycles. The van der Waals surface area contributed by atoms with Crippen molar-refractivity contribution in [3.63, 3.8) is 0 Å². The minimum absolute atomic E-state index is 0.723. The third-order valence-corrected chi connectivity index (χ3v) is 4.40. The highest BCUT2D eigenvalue weighted by atomic mass is 35.5. The smallest absolute Gasteiger partial charge is 0.123 e. The van der Waals surface area contributed by atoms with Crippen LogP contribution in [0.1, 0.15) is 11.1 Å². The number of benzene rings is 2. The van der Waals surface area contributed by atoms with Crippen molar-refractivity contribution in [2.24, 2.45) is 0 Å². The van der Waals surface area contributed by atoms with Crippen LogP contribution in [0.15, 0.2) is 41.3 Å². The lowest BCUT2D eigenvalue weighted by molar-refractivity contribution is 0.411. The van der Waals surface area contributed by atoms with Crippen molar-refractivity contribution in [3.8, 4) is 5.75 Å². The number of hydrogen-bond donors (Lipinski definition) is 1. The molecule has 0 spiro atoms. The fourth-order valence-corrected chi connectivity index (χ4v) is 3.04. The summed E-state index contributed by atoms with van der Waals surface area (Å²) in [5, 5.41) is 0.723. The van der Waals surface area contributed by atoms with E-state index >= 15 is 0 Å². The van der Waals surface area contributed by atoms with Gasteiger partial charge in [0, 0.05) is 26.9 Å². The van der Waals surface area contributed by atoms with Gasteiger partial charge in [0.1, 0.15) is 5.75 Å². The van der Waals surface area contributed by atoms with Gasteiger partial charge in [0.2, 0.25) is 0 Å². The van der Waals surface area contributed by atoms with Gasteiger partial charge in [0.15, 0.2) is 0 Å². The third kappa shape index (κ3) is 3.37. The highest BCUT2D eigenvalue weighted by Crippen LogP contribution is 2.32. The van der Waals surface area contributed by atoms with Gasteiger partial charge in [-0.15, -0.1) is 11.8 Å². The van der Waals surface area contributed by atoms with Gasteiger partial charge in [0.25, 0.3) is 0 Å². The predicted molar refractivity (Wildman–Crippen MR) is 83.2 cm³/mol. The molecule has 2 aromatic rings. The zero-order chi connectivity index (χ0) is 13.8. The van der Waals surface area contributed by atoms with E-state index in [2.05, 4.69) is 6.07 Å². The monoisotopic (exact) mass is 293 g/mol. The molecular weight excluding hydrogens is 278 g/mol. The zero-order valence-corrected chi connectivity index (χ0v) is 12.5. The standard InChI is InChI=1S/C15H16ClNOS/c1-10-13(17)4-3-5-15(10)19-9-11-8-12(16)6-7-14(11)18-2/h3-8H,9,17H2,1-2H3. The number of rotatable bonds is 4. The van der Waals surface area contributed by atoms with Crippen molar-refractivity contribution in [1.29, 1.82) is 0 Å². The molecule has 0 radical (unpaired) electrons. The first-order valence-electron chi connectivity index (χ1n) is 5.92. The van der Waals surface area contributed by atoms with Gasteiger partial charge < -0.3 is 10.5 Å². The van der Waals surface area contributed by atoms with E-state index in [1.807, 2.05) is 37.3 Å². The lowest BCUT2D eigenvalue weighted by atomic mass is 10.2. The first-order valence-corrected chi connectivity index (χ1v) is 7.28. The second kappa shape index (κ2) is 6.22. The molecule has 0 unspecified atom stereocenters. The van der Waals surface area contributed by atoms with Gasteiger partial charge in [-0.1, -0.05) is 17.7 Å². The molecule has 0 aliphatic rings. The topological polar surface area (TPSA) is 35.2 Å². The Hall–Kier alpha value is -1.32. The molecule has 2 nitrogen and oxygen atoms in total. The van der Waals surface area contributed by atoms with Crippen LogP contribution in [0.5, 0.6) is 5.75 Å². The Morgan fingerprint density at radius 3 is 2.79 bits per heavy atom. The minimum atomic E-state index is 0.723. The summed E-state index contributed by atoms with van der Waals surface area (Å²) in [4.78, 5) is 1.18. The number of hydrogen-bond acceptors (Lipinski definition) is 3. The molecule has 2 rings (SSSR count). The number of nitrogens with two attached hydrogens (primary N) is 1. The van der Waals surface area contributed by atoms with Crippen molar-refractivity contribution in [1.82, 2.24) is 0 Å². The van der Waals surface area contributed by atoms with Crippen LogP contribution in [0.2, 0.25) is 5.02 Å². The highest BCUT2D eigenvalue weighted by molar-refractivity contribution is 7.98. The summed E-state index contributed by atoms with van der Waals surface area (Å²) in [6.07, 6.45) is 0. The Balaban J connectivity index is 2.18. The lowest BCUT2D eigenvalue weighted by Crippen LogP contribution is -1.93. The van der Waals surface area contributed by atoms with E-state index < -0.39 is 0 Å². The van der Waals surface area contributed by atoms with Crippen LogP contribution in [-0.2, 0) is 5.75 Å². The van der Waals surface area contributed by atoms with Gasteiger partial charge >= 0.3 is 0 Å². The van der Waals surface area contributed by atoms with E-state index in [-0.39, 0.29) is 0 Å². The normalized spacial score (nSPS) is 10.5. The molecule has 0 saturated carbocycles. The highest BCUT2D eigenvalue weighted by Gasteiger charge is 2.07. The molecule has 4 heteroatoms. The van der Waals surface area contributed by atoms with Crippen molar-refractivity contribution in [2.45, 2.75) is 17.6 Å². The maximum atomic E-state index is 6.03. The summed E-state index contributed by atoms with van der Waals surface area (Å²) in [5.41, 5.74) is 8.94. The first kappa shape index (κ1) is 14.1. The summed E-state index contributed by atoms with van der Waals surface area (Å²) >= 11 is 7.76. The van der Waals surface area contributed by atoms with Gasteiger partial charge in [0.05, 0.1) is 7.11 Å². The molecular formula is C15H16ClNOS. The predicted octanol–water partition coefficient (Wildman–Crippen LogP) is 4.53. The molecule has 0 aliphatic heterocycles. The molecule has 0 bridgehead atoms. The fraction of sp³-hybridized carbons (Fsp3) is 0.200. The van der Waals surface area contributed by atoms with Crippen molar-refractivity contribution < 1.29 is 4.74 Å². The minimum Gasteiger partial charge on any atom is -0.496 e.